The molecule has 3 atom stereocenters. The van der Waals surface area contributed by atoms with Gasteiger partial charge in [0.15, 0.2) is 9.84 Å². The van der Waals surface area contributed by atoms with Gasteiger partial charge in [0.1, 0.15) is 0 Å². The lowest BCUT2D eigenvalue weighted by molar-refractivity contribution is 0.253. The van der Waals surface area contributed by atoms with Gasteiger partial charge >= 0.3 is 0 Å². The van der Waals surface area contributed by atoms with Crippen molar-refractivity contribution in [3.63, 3.8) is 0 Å². The number of likely N-dealkylation sites (tertiary alicyclic amines) is 1. The number of rotatable bonds is 5. The summed E-state index contributed by atoms with van der Waals surface area (Å²) in [6.45, 7) is 8.16. The summed E-state index contributed by atoms with van der Waals surface area (Å²) in [6, 6.07) is 0.534. The number of nitrogens with one attached hydrogen (secondary N) is 1. The first-order chi connectivity index (χ1) is 8.03. The van der Waals surface area contributed by atoms with E-state index in [0.717, 1.165) is 44.4 Å². The van der Waals surface area contributed by atoms with Crippen LogP contribution in [0.15, 0.2) is 0 Å². The predicted molar refractivity (Wildman–Crippen MR) is 69.8 cm³/mol. The van der Waals surface area contributed by atoms with E-state index in [1.54, 1.807) is 0 Å². The van der Waals surface area contributed by atoms with Crippen molar-refractivity contribution < 1.29 is 8.42 Å². The van der Waals surface area contributed by atoms with Crippen LogP contribution in [-0.2, 0) is 9.84 Å². The van der Waals surface area contributed by atoms with Gasteiger partial charge in [0, 0.05) is 24.9 Å². The lowest BCUT2D eigenvalue weighted by Gasteiger charge is -2.23. The Hall–Kier alpha value is -0.130. The van der Waals surface area contributed by atoms with E-state index in [4.69, 9.17) is 0 Å². The summed E-state index contributed by atoms with van der Waals surface area (Å²) >= 11 is 0. The number of fused-ring (bicyclic) bond motifs is 1. The lowest BCUT2D eigenvalue weighted by Crippen LogP contribution is -2.36. The van der Waals surface area contributed by atoms with Crippen LogP contribution in [0.25, 0.3) is 0 Å². The third-order valence-electron chi connectivity index (χ3n) is 4.26. The van der Waals surface area contributed by atoms with Gasteiger partial charge in [-0.15, -0.1) is 0 Å². The Labute approximate surface area is 105 Å². The molecule has 4 nitrogen and oxygen atoms in total. The summed E-state index contributed by atoms with van der Waals surface area (Å²) in [5, 5.41) is 3.42. The number of sulfone groups is 1. The highest BCUT2D eigenvalue weighted by Crippen LogP contribution is 2.31. The van der Waals surface area contributed by atoms with E-state index >= 15 is 0 Å². The fourth-order valence-corrected chi connectivity index (χ4v) is 4.56. The Balaban J connectivity index is 1.85. The van der Waals surface area contributed by atoms with Crippen molar-refractivity contribution in [1.29, 1.82) is 0 Å². The molecule has 17 heavy (non-hydrogen) atoms. The van der Waals surface area contributed by atoms with Crippen molar-refractivity contribution in [3.05, 3.63) is 0 Å². The van der Waals surface area contributed by atoms with Crippen molar-refractivity contribution in [2.45, 2.75) is 26.3 Å². The highest BCUT2D eigenvalue weighted by molar-refractivity contribution is 7.91. The Morgan fingerprint density at radius 2 is 2.06 bits per heavy atom. The van der Waals surface area contributed by atoms with Gasteiger partial charge < -0.3 is 5.32 Å². The van der Waals surface area contributed by atoms with Crippen LogP contribution in [0.4, 0.5) is 0 Å². The van der Waals surface area contributed by atoms with E-state index in [2.05, 4.69) is 17.1 Å². The molecule has 0 aromatic carbocycles. The summed E-state index contributed by atoms with van der Waals surface area (Å²) in [5.41, 5.74) is 0. The number of hydrogen-bond acceptors (Lipinski definition) is 4. The van der Waals surface area contributed by atoms with Crippen molar-refractivity contribution in [2.24, 2.45) is 11.8 Å². The maximum Gasteiger partial charge on any atom is 0.151 e. The van der Waals surface area contributed by atoms with Crippen molar-refractivity contribution in [1.82, 2.24) is 10.2 Å². The highest BCUT2D eigenvalue weighted by atomic mass is 32.2. The molecule has 0 radical (unpaired) electrons. The Morgan fingerprint density at radius 3 is 2.71 bits per heavy atom. The first-order valence-electron chi connectivity index (χ1n) is 6.68. The van der Waals surface area contributed by atoms with Crippen LogP contribution in [0, 0.1) is 11.8 Å². The average Bonchev–Trinajstić information content (AvgIpc) is 2.80. The molecule has 0 spiro atoms. The first kappa shape index (κ1) is 13.3. The van der Waals surface area contributed by atoms with E-state index in [9.17, 15) is 8.42 Å². The minimum Gasteiger partial charge on any atom is -0.316 e. The maximum absolute atomic E-state index is 11.7. The monoisotopic (exact) mass is 260 g/mol. The summed E-state index contributed by atoms with van der Waals surface area (Å²) in [5.74, 6) is 2.13. The molecule has 0 aliphatic carbocycles. The molecule has 2 saturated heterocycles. The summed E-state index contributed by atoms with van der Waals surface area (Å²) in [4.78, 5) is 2.36. The van der Waals surface area contributed by atoms with Crippen LogP contribution >= 0.6 is 0 Å². The summed E-state index contributed by atoms with van der Waals surface area (Å²) in [6.07, 6.45) is 0.729. The molecule has 0 saturated carbocycles. The largest absolute Gasteiger partial charge is 0.316 e. The van der Waals surface area contributed by atoms with Crippen molar-refractivity contribution in [3.8, 4) is 0 Å². The summed E-state index contributed by atoms with van der Waals surface area (Å²) in [7, 11) is -2.82. The molecule has 2 aliphatic rings. The molecular formula is C12H24N2O2S. The Morgan fingerprint density at radius 1 is 1.29 bits per heavy atom. The minimum atomic E-state index is -2.82. The second-order valence-corrected chi connectivity index (χ2v) is 7.77. The first-order valence-corrected chi connectivity index (χ1v) is 8.51. The predicted octanol–water partition coefficient (Wildman–Crippen LogP) is 0.351. The second kappa shape index (κ2) is 5.24. The standard InChI is InChI=1S/C12H24N2O2S/c1-3-5-17(15,16)6-4-14-9-11-7-13-8-12(11)10(14)2/h10-13H,3-9H2,1-2H3. The second-order valence-electron chi connectivity index (χ2n) is 5.47. The topological polar surface area (TPSA) is 49.4 Å². The van der Waals surface area contributed by atoms with E-state index in [1.165, 1.54) is 0 Å². The normalized spacial score (nSPS) is 34.1. The molecule has 2 rings (SSSR count). The van der Waals surface area contributed by atoms with Gasteiger partial charge in [-0.3, -0.25) is 4.90 Å². The molecule has 100 valence electrons. The zero-order valence-electron chi connectivity index (χ0n) is 10.9. The maximum atomic E-state index is 11.7. The van der Waals surface area contributed by atoms with Gasteiger partial charge in [0.2, 0.25) is 0 Å². The Bertz CT molecular complexity index is 356. The zero-order chi connectivity index (χ0) is 12.5. The van der Waals surface area contributed by atoms with Gasteiger partial charge in [-0.05, 0) is 38.3 Å². The van der Waals surface area contributed by atoms with Crippen LogP contribution in [-0.4, -0.2) is 57.0 Å². The third kappa shape index (κ3) is 3.01. The molecule has 2 aliphatic heterocycles. The van der Waals surface area contributed by atoms with Crippen LogP contribution in [0.2, 0.25) is 0 Å². The number of nitrogens with zero attached hydrogens (tertiary/aromatic N) is 1. The molecule has 0 aromatic rings. The van der Waals surface area contributed by atoms with Crippen LogP contribution in [0.5, 0.6) is 0 Å². The fourth-order valence-electron chi connectivity index (χ4n) is 3.22. The summed E-state index contributed by atoms with van der Waals surface area (Å²) < 4.78 is 23.4. The van der Waals surface area contributed by atoms with Gasteiger partial charge in [-0.1, -0.05) is 6.92 Å². The average molecular weight is 260 g/mol. The van der Waals surface area contributed by atoms with Crippen LogP contribution in [0.3, 0.4) is 0 Å². The van der Waals surface area contributed by atoms with E-state index in [1.807, 2.05) is 6.92 Å². The molecule has 0 amide bonds. The molecule has 5 heteroatoms. The smallest absolute Gasteiger partial charge is 0.151 e. The van der Waals surface area contributed by atoms with E-state index < -0.39 is 9.84 Å². The molecule has 0 bridgehead atoms. The van der Waals surface area contributed by atoms with E-state index in [-0.39, 0.29) is 0 Å². The van der Waals surface area contributed by atoms with Crippen LogP contribution < -0.4 is 5.32 Å². The van der Waals surface area contributed by atoms with Gasteiger partial charge in [0.25, 0.3) is 0 Å². The Kier molecular flexibility index (Phi) is 4.10. The third-order valence-corrected chi connectivity index (χ3v) is 6.10. The fraction of sp³-hybridized carbons (Fsp3) is 1.00. The van der Waals surface area contributed by atoms with Crippen molar-refractivity contribution in [2.75, 3.05) is 37.7 Å². The van der Waals surface area contributed by atoms with Crippen LogP contribution in [0.1, 0.15) is 20.3 Å². The zero-order valence-corrected chi connectivity index (χ0v) is 11.7. The molecule has 0 aromatic heterocycles. The molecular weight excluding hydrogens is 236 g/mol. The van der Waals surface area contributed by atoms with Gasteiger partial charge in [-0.25, -0.2) is 8.42 Å². The SMILES string of the molecule is CCCS(=O)(=O)CCN1CC2CNCC2C1C. The van der Waals surface area contributed by atoms with Crippen molar-refractivity contribution >= 4 is 9.84 Å². The lowest BCUT2D eigenvalue weighted by atomic mass is 9.95. The minimum absolute atomic E-state index is 0.331. The molecule has 2 fully saturated rings. The van der Waals surface area contributed by atoms with Gasteiger partial charge in [-0.2, -0.15) is 0 Å². The number of hydrogen-bond donors (Lipinski definition) is 1. The quantitative estimate of drug-likeness (QED) is 0.775. The van der Waals surface area contributed by atoms with E-state index in [0.29, 0.717) is 17.5 Å². The van der Waals surface area contributed by atoms with Gasteiger partial charge in [0.05, 0.1) is 5.75 Å². The molecule has 1 N–H and O–H groups in total. The highest BCUT2D eigenvalue weighted by Gasteiger charge is 2.41. The molecule has 3 unspecified atom stereocenters. The molecule has 2 heterocycles.